The van der Waals surface area contributed by atoms with Crippen molar-refractivity contribution in [2.45, 2.75) is 20.4 Å². The van der Waals surface area contributed by atoms with Gasteiger partial charge in [0.05, 0.1) is 17.7 Å². The van der Waals surface area contributed by atoms with Gasteiger partial charge in [-0.2, -0.15) is 0 Å². The Morgan fingerprint density at radius 2 is 2.12 bits per heavy atom. The second kappa shape index (κ2) is 4.75. The number of aryl methyl sites for hydroxylation is 1. The maximum Gasteiger partial charge on any atom is 0.0798 e. The third-order valence-corrected chi connectivity index (χ3v) is 3.90. The molecule has 0 amide bonds. The summed E-state index contributed by atoms with van der Waals surface area (Å²) in [5.74, 6) is 0. The largest absolute Gasteiger partial charge is 0.398 e. The Labute approximate surface area is 106 Å². The highest BCUT2D eigenvalue weighted by Crippen LogP contribution is 2.26. The van der Waals surface area contributed by atoms with Gasteiger partial charge in [0.25, 0.3) is 0 Å². The van der Waals surface area contributed by atoms with Crippen molar-refractivity contribution in [1.82, 2.24) is 4.98 Å². The van der Waals surface area contributed by atoms with Gasteiger partial charge in [0.2, 0.25) is 0 Å². The van der Waals surface area contributed by atoms with E-state index in [1.165, 1.54) is 10.6 Å². The van der Waals surface area contributed by atoms with E-state index in [9.17, 15) is 0 Å². The number of thiazole rings is 1. The zero-order valence-corrected chi connectivity index (χ0v) is 11.2. The van der Waals surface area contributed by atoms with Crippen molar-refractivity contribution in [1.29, 1.82) is 0 Å². The molecule has 0 saturated heterocycles. The summed E-state index contributed by atoms with van der Waals surface area (Å²) < 4.78 is 0. The lowest BCUT2D eigenvalue weighted by Crippen LogP contribution is -2.17. The minimum Gasteiger partial charge on any atom is -0.398 e. The number of hydrogen-bond donors (Lipinski definition) is 1. The molecule has 0 aliphatic heterocycles. The molecule has 90 valence electrons. The molecule has 3 nitrogen and oxygen atoms in total. The molecule has 0 unspecified atom stereocenters. The van der Waals surface area contributed by atoms with Crippen LogP contribution in [0.2, 0.25) is 0 Å². The van der Waals surface area contributed by atoms with Crippen LogP contribution in [-0.2, 0) is 6.54 Å². The average molecular weight is 247 g/mol. The molecule has 1 heterocycles. The summed E-state index contributed by atoms with van der Waals surface area (Å²) >= 11 is 1.70. The van der Waals surface area contributed by atoms with Crippen LogP contribution in [0.15, 0.2) is 23.7 Å². The van der Waals surface area contributed by atoms with Crippen molar-refractivity contribution in [2.75, 3.05) is 17.7 Å². The zero-order valence-electron chi connectivity index (χ0n) is 10.4. The molecule has 0 atom stereocenters. The van der Waals surface area contributed by atoms with Crippen LogP contribution < -0.4 is 10.6 Å². The summed E-state index contributed by atoms with van der Waals surface area (Å²) in [6.45, 7) is 4.98. The normalized spacial score (nSPS) is 10.5. The van der Waals surface area contributed by atoms with Gasteiger partial charge in [-0.3, -0.25) is 0 Å². The summed E-state index contributed by atoms with van der Waals surface area (Å²) in [5, 5.41) is 0. The fourth-order valence-electron chi connectivity index (χ4n) is 1.83. The first-order valence-corrected chi connectivity index (χ1v) is 6.42. The van der Waals surface area contributed by atoms with Gasteiger partial charge in [-0.15, -0.1) is 11.3 Å². The number of benzene rings is 1. The van der Waals surface area contributed by atoms with Gasteiger partial charge < -0.3 is 10.6 Å². The Morgan fingerprint density at radius 1 is 1.35 bits per heavy atom. The summed E-state index contributed by atoms with van der Waals surface area (Å²) in [7, 11) is 2.08. The maximum absolute atomic E-state index is 5.93. The van der Waals surface area contributed by atoms with Crippen LogP contribution in [0.3, 0.4) is 0 Å². The molecule has 0 fully saturated rings. The first-order valence-electron chi connectivity index (χ1n) is 5.54. The highest BCUT2D eigenvalue weighted by atomic mass is 32.1. The third-order valence-electron chi connectivity index (χ3n) is 2.98. The van der Waals surface area contributed by atoms with Crippen LogP contribution in [0.4, 0.5) is 11.4 Å². The Morgan fingerprint density at radius 3 is 2.76 bits per heavy atom. The minimum atomic E-state index is 0.843. The predicted octanol–water partition coefficient (Wildman–Crippen LogP) is 2.98. The van der Waals surface area contributed by atoms with E-state index in [-0.39, 0.29) is 0 Å². The van der Waals surface area contributed by atoms with Gasteiger partial charge >= 0.3 is 0 Å². The minimum absolute atomic E-state index is 0.843. The van der Waals surface area contributed by atoms with Crippen LogP contribution in [0, 0.1) is 13.8 Å². The van der Waals surface area contributed by atoms with Crippen molar-refractivity contribution in [2.24, 2.45) is 0 Å². The van der Waals surface area contributed by atoms with Crippen molar-refractivity contribution in [3.63, 3.8) is 0 Å². The molecule has 2 N–H and O–H groups in total. The molecule has 17 heavy (non-hydrogen) atoms. The van der Waals surface area contributed by atoms with Crippen LogP contribution in [0.1, 0.15) is 16.1 Å². The van der Waals surface area contributed by atoms with E-state index in [2.05, 4.69) is 29.9 Å². The third kappa shape index (κ3) is 2.42. The standard InChI is InChI=1S/C13H17N3S/c1-9-11(14)5-4-6-12(9)16(3)7-13-10(2)15-8-17-13/h4-6,8H,7,14H2,1-3H3. The molecule has 0 saturated carbocycles. The van der Waals surface area contributed by atoms with Crippen LogP contribution in [0.25, 0.3) is 0 Å². The molecule has 1 aromatic heterocycles. The number of nitrogens with two attached hydrogens (primary N) is 1. The molecule has 4 heteroatoms. The van der Waals surface area contributed by atoms with Crippen molar-refractivity contribution < 1.29 is 0 Å². The molecule has 2 aromatic rings. The predicted molar refractivity (Wildman–Crippen MR) is 74.5 cm³/mol. The van der Waals surface area contributed by atoms with Gasteiger partial charge in [0.15, 0.2) is 0 Å². The summed E-state index contributed by atoms with van der Waals surface area (Å²) in [6.07, 6.45) is 0. The van der Waals surface area contributed by atoms with E-state index in [0.717, 1.165) is 23.5 Å². The van der Waals surface area contributed by atoms with Gasteiger partial charge in [-0.25, -0.2) is 4.98 Å². The van der Waals surface area contributed by atoms with Crippen LogP contribution in [0.5, 0.6) is 0 Å². The Bertz CT molecular complexity index is 519. The maximum atomic E-state index is 5.93. The summed E-state index contributed by atoms with van der Waals surface area (Å²) in [5.41, 5.74) is 12.1. The fourth-order valence-corrected chi connectivity index (χ4v) is 2.66. The quantitative estimate of drug-likeness (QED) is 0.848. The van der Waals surface area contributed by atoms with E-state index in [1.54, 1.807) is 11.3 Å². The topological polar surface area (TPSA) is 42.2 Å². The number of hydrogen-bond acceptors (Lipinski definition) is 4. The van der Waals surface area contributed by atoms with Gasteiger partial charge in [-0.1, -0.05) is 6.07 Å². The Balaban J connectivity index is 2.23. The van der Waals surface area contributed by atoms with Crippen LogP contribution >= 0.6 is 11.3 Å². The Kier molecular flexibility index (Phi) is 3.33. The molecule has 0 aliphatic carbocycles. The second-order valence-corrected chi connectivity index (χ2v) is 5.15. The smallest absolute Gasteiger partial charge is 0.0798 e. The molecule has 0 spiro atoms. The van der Waals surface area contributed by atoms with E-state index >= 15 is 0 Å². The van der Waals surface area contributed by atoms with Crippen LogP contribution in [-0.4, -0.2) is 12.0 Å². The van der Waals surface area contributed by atoms with E-state index in [1.807, 2.05) is 24.6 Å². The van der Waals surface area contributed by atoms with Gasteiger partial charge in [0.1, 0.15) is 0 Å². The number of anilines is 2. The molecular weight excluding hydrogens is 230 g/mol. The first kappa shape index (κ1) is 11.9. The van der Waals surface area contributed by atoms with E-state index in [4.69, 9.17) is 5.73 Å². The van der Waals surface area contributed by atoms with E-state index in [0.29, 0.717) is 0 Å². The van der Waals surface area contributed by atoms with E-state index < -0.39 is 0 Å². The highest BCUT2D eigenvalue weighted by molar-refractivity contribution is 7.09. The van der Waals surface area contributed by atoms with Gasteiger partial charge in [0, 0.05) is 23.3 Å². The lowest BCUT2D eigenvalue weighted by molar-refractivity contribution is 0.921. The number of nitrogens with zero attached hydrogens (tertiary/aromatic N) is 2. The molecule has 0 aliphatic rings. The molecular formula is C13H17N3S. The second-order valence-electron chi connectivity index (χ2n) is 4.21. The lowest BCUT2D eigenvalue weighted by atomic mass is 10.1. The van der Waals surface area contributed by atoms with Crippen molar-refractivity contribution in [3.8, 4) is 0 Å². The molecule has 1 aromatic carbocycles. The number of rotatable bonds is 3. The average Bonchev–Trinajstić information content (AvgIpc) is 2.68. The number of aromatic nitrogens is 1. The van der Waals surface area contributed by atoms with Gasteiger partial charge in [-0.05, 0) is 31.5 Å². The van der Waals surface area contributed by atoms with Crippen molar-refractivity contribution >= 4 is 22.7 Å². The summed E-state index contributed by atoms with van der Waals surface area (Å²) in [6, 6.07) is 6.03. The zero-order chi connectivity index (χ0) is 12.4. The fraction of sp³-hybridized carbons (Fsp3) is 0.308. The monoisotopic (exact) mass is 247 g/mol. The molecule has 0 radical (unpaired) electrons. The number of nitrogen functional groups attached to an aromatic ring is 1. The lowest BCUT2D eigenvalue weighted by Gasteiger charge is -2.21. The highest BCUT2D eigenvalue weighted by Gasteiger charge is 2.09. The van der Waals surface area contributed by atoms with Crippen molar-refractivity contribution in [3.05, 3.63) is 39.8 Å². The molecule has 0 bridgehead atoms. The first-order chi connectivity index (χ1) is 8.09. The summed E-state index contributed by atoms with van der Waals surface area (Å²) in [4.78, 5) is 7.79. The Hall–Kier alpha value is -1.55. The SMILES string of the molecule is Cc1ncsc1CN(C)c1cccc(N)c1C. The molecule has 2 rings (SSSR count).